The lowest BCUT2D eigenvalue weighted by molar-refractivity contribution is 0.517. The summed E-state index contributed by atoms with van der Waals surface area (Å²) in [7, 11) is 1.83. The van der Waals surface area contributed by atoms with Gasteiger partial charge in [-0.05, 0) is 23.8 Å². The summed E-state index contributed by atoms with van der Waals surface area (Å²) in [4.78, 5) is 0. The van der Waals surface area contributed by atoms with Gasteiger partial charge in [0.2, 0.25) is 0 Å². The van der Waals surface area contributed by atoms with E-state index in [9.17, 15) is 0 Å². The summed E-state index contributed by atoms with van der Waals surface area (Å²) in [6, 6.07) is 9.55. The van der Waals surface area contributed by atoms with Crippen LogP contribution in [0, 0.1) is 0 Å². The Balaban J connectivity index is 2.26. The second-order valence-corrected chi connectivity index (χ2v) is 5.29. The van der Waals surface area contributed by atoms with Crippen molar-refractivity contribution in [2.75, 3.05) is 5.73 Å². The molecule has 0 spiro atoms. The SMILES string of the molecule is CCc1occc1-c1nn(C)c(N)c1-c1cccc(Cl)c1. The maximum absolute atomic E-state index is 6.21. The largest absolute Gasteiger partial charge is 0.469 e. The fraction of sp³-hybridized carbons (Fsp3) is 0.188. The molecule has 108 valence electrons. The van der Waals surface area contributed by atoms with Crippen LogP contribution in [0.25, 0.3) is 22.4 Å². The van der Waals surface area contributed by atoms with Crippen LogP contribution in [0.1, 0.15) is 12.7 Å². The first-order chi connectivity index (χ1) is 10.1. The first kappa shape index (κ1) is 13.8. The van der Waals surface area contributed by atoms with Crippen molar-refractivity contribution in [3.63, 3.8) is 0 Å². The van der Waals surface area contributed by atoms with E-state index in [-0.39, 0.29) is 0 Å². The Hall–Kier alpha value is -2.20. The molecule has 0 aliphatic rings. The first-order valence-corrected chi connectivity index (χ1v) is 7.14. The van der Waals surface area contributed by atoms with Crippen LogP contribution in [0.4, 0.5) is 5.82 Å². The van der Waals surface area contributed by atoms with E-state index >= 15 is 0 Å². The highest BCUT2D eigenvalue weighted by molar-refractivity contribution is 6.30. The van der Waals surface area contributed by atoms with Crippen LogP contribution < -0.4 is 5.73 Å². The molecule has 3 rings (SSSR count). The summed E-state index contributed by atoms with van der Waals surface area (Å²) in [5.74, 6) is 1.51. The molecule has 5 heteroatoms. The highest BCUT2D eigenvalue weighted by atomic mass is 35.5. The van der Waals surface area contributed by atoms with Crippen molar-refractivity contribution in [1.29, 1.82) is 0 Å². The number of anilines is 1. The van der Waals surface area contributed by atoms with E-state index in [1.807, 2.05) is 44.3 Å². The van der Waals surface area contributed by atoms with Gasteiger partial charge in [0.15, 0.2) is 0 Å². The van der Waals surface area contributed by atoms with E-state index < -0.39 is 0 Å². The summed E-state index contributed by atoms with van der Waals surface area (Å²) in [6.45, 7) is 2.05. The lowest BCUT2D eigenvalue weighted by atomic mass is 10.0. The monoisotopic (exact) mass is 301 g/mol. The normalized spacial score (nSPS) is 11.0. The fourth-order valence-corrected chi connectivity index (χ4v) is 2.67. The minimum atomic E-state index is 0.607. The van der Waals surface area contributed by atoms with Crippen LogP contribution in [0.2, 0.25) is 5.02 Å². The van der Waals surface area contributed by atoms with E-state index in [1.165, 1.54) is 0 Å². The van der Waals surface area contributed by atoms with Gasteiger partial charge in [0, 0.05) is 24.1 Å². The summed E-state index contributed by atoms with van der Waals surface area (Å²) >= 11 is 6.10. The average Bonchev–Trinajstić information content (AvgIpc) is 3.04. The number of benzene rings is 1. The van der Waals surface area contributed by atoms with Gasteiger partial charge in [0.05, 0.1) is 11.8 Å². The number of furan rings is 1. The third kappa shape index (κ3) is 2.32. The number of halogens is 1. The van der Waals surface area contributed by atoms with Gasteiger partial charge in [0.25, 0.3) is 0 Å². The Morgan fingerprint density at radius 2 is 2.14 bits per heavy atom. The van der Waals surface area contributed by atoms with Gasteiger partial charge in [0.1, 0.15) is 17.3 Å². The van der Waals surface area contributed by atoms with Gasteiger partial charge in [-0.2, -0.15) is 5.10 Å². The van der Waals surface area contributed by atoms with Crippen LogP contribution in [0.15, 0.2) is 41.0 Å². The van der Waals surface area contributed by atoms with Gasteiger partial charge < -0.3 is 10.2 Å². The summed E-state index contributed by atoms with van der Waals surface area (Å²) < 4.78 is 7.19. The van der Waals surface area contributed by atoms with Crippen molar-refractivity contribution in [1.82, 2.24) is 9.78 Å². The minimum Gasteiger partial charge on any atom is -0.469 e. The van der Waals surface area contributed by atoms with Crippen LogP contribution in [0.5, 0.6) is 0 Å². The molecule has 0 aliphatic heterocycles. The highest BCUT2D eigenvalue weighted by Gasteiger charge is 2.20. The average molecular weight is 302 g/mol. The highest BCUT2D eigenvalue weighted by Crippen LogP contribution is 2.38. The van der Waals surface area contributed by atoms with Crippen molar-refractivity contribution >= 4 is 17.4 Å². The molecule has 1 aromatic carbocycles. The Kier molecular flexibility index (Phi) is 3.47. The lowest BCUT2D eigenvalue weighted by Crippen LogP contribution is -1.97. The number of hydrogen-bond donors (Lipinski definition) is 1. The standard InChI is InChI=1S/C16H16ClN3O/c1-3-13-12(7-8-21-13)15-14(16(18)20(2)19-15)10-5-4-6-11(17)9-10/h4-9H,3,18H2,1-2H3. The molecule has 0 atom stereocenters. The van der Waals surface area contributed by atoms with Crippen molar-refractivity contribution in [2.45, 2.75) is 13.3 Å². The number of aromatic nitrogens is 2. The summed E-state index contributed by atoms with van der Waals surface area (Å²) in [5.41, 5.74) is 9.84. The Morgan fingerprint density at radius 1 is 1.33 bits per heavy atom. The summed E-state index contributed by atoms with van der Waals surface area (Å²) in [5, 5.41) is 5.23. The predicted octanol–water partition coefficient (Wildman–Crippen LogP) is 4.15. The Labute approximate surface area is 128 Å². The molecule has 0 saturated carbocycles. The number of hydrogen-bond acceptors (Lipinski definition) is 3. The third-order valence-corrected chi connectivity index (χ3v) is 3.76. The van der Waals surface area contributed by atoms with Crippen molar-refractivity contribution in [3.05, 3.63) is 47.4 Å². The zero-order valence-electron chi connectivity index (χ0n) is 11.9. The van der Waals surface area contributed by atoms with E-state index in [2.05, 4.69) is 5.10 Å². The molecule has 0 aliphatic carbocycles. The summed E-state index contributed by atoms with van der Waals surface area (Å²) in [6.07, 6.45) is 2.48. The lowest BCUT2D eigenvalue weighted by Gasteiger charge is -2.05. The minimum absolute atomic E-state index is 0.607. The zero-order valence-corrected chi connectivity index (χ0v) is 12.7. The molecule has 0 saturated heterocycles. The molecule has 0 amide bonds. The van der Waals surface area contributed by atoms with Gasteiger partial charge >= 0.3 is 0 Å². The molecule has 2 aromatic heterocycles. The molecular formula is C16H16ClN3O. The van der Waals surface area contributed by atoms with E-state index in [4.69, 9.17) is 21.8 Å². The number of rotatable bonds is 3. The van der Waals surface area contributed by atoms with Gasteiger partial charge in [-0.3, -0.25) is 4.68 Å². The quantitative estimate of drug-likeness (QED) is 0.791. The van der Waals surface area contributed by atoms with Crippen LogP contribution in [-0.2, 0) is 13.5 Å². The molecule has 21 heavy (non-hydrogen) atoms. The second kappa shape index (κ2) is 5.30. The van der Waals surface area contributed by atoms with Crippen LogP contribution in [-0.4, -0.2) is 9.78 Å². The molecule has 0 bridgehead atoms. The molecule has 2 N–H and O–H groups in total. The number of nitrogens with zero attached hydrogens (tertiary/aromatic N) is 2. The van der Waals surface area contributed by atoms with Crippen molar-refractivity contribution in [2.24, 2.45) is 7.05 Å². The van der Waals surface area contributed by atoms with E-state index in [1.54, 1.807) is 10.9 Å². The molecule has 0 fully saturated rings. The van der Waals surface area contributed by atoms with Gasteiger partial charge in [-0.15, -0.1) is 0 Å². The second-order valence-electron chi connectivity index (χ2n) is 4.85. The number of nitrogens with two attached hydrogens (primary N) is 1. The van der Waals surface area contributed by atoms with Crippen molar-refractivity contribution in [3.8, 4) is 22.4 Å². The molecule has 4 nitrogen and oxygen atoms in total. The van der Waals surface area contributed by atoms with Gasteiger partial charge in [-0.1, -0.05) is 30.7 Å². The van der Waals surface area contributed by atoms with Crippen LogP contribution in [0.3, 0.4) is 0 Å². The van der Waals surface area contributed by atoms with Crippen molar-refractivity contribution < 1.29 is 4.42 Å². The Bertz CT molecular complexity index is 789. The van der Waals surface area contributed by atoms with E-state index in [0.717, 1.165) is 34.6 Å². The molecule has 2 heterocycles. The number of nitrogen functional groups attached to an aromatic ring is 1. The third-order valence-electron chi connectivity index (χ3n) is 3.53. The maximum atomic E-state index is 6.21. The smallest absolute Gasteiger partial charge is 0.129 e. The first-order valence-electron chi connectivity index (χ1n) is 6.77. The number of aryl methyl sites for hydroxylation is 2. The van der Waals surface area contributed by atoms with Crippen LogP contribution >= 0.6 is 11.6 Å². The zero-order chi connectivity index (χ0) is 15.0. The fourth-order valence-electron chi connectivity index (χ4n) is 2.48. The van der Waals surface area contributed by atoms with Gasteiger partial charge in [-0.25, -0.2) is 0 Å². The molecule has 0 unspecified atom stereocenters. The Morgan fingerprint density at radius 3 is 2.86 bits per heavy atom. The topological polar surface area (TPSA) is 57.0 Å². The predicted molar refractivity (Wildman–Crippen MR) is 85.1 cm³/mol. The molecular weight excluding hydrogens is 286 g/mol. The molecule has 0 radical (unpaired) electrons. The molecule has 3 aromatic rings. The van der Waals surface area contributed by atoms with E-state index in [0.29, 0.717) is 10.8 Å². The maximum Gasteiger partial charge on any atom is 0.129 e.